The molecule has 3 rings (SSSR count). The number of halogens is 1. The number of nitrogens with zero attached hydrogens (tertiary/aromatic N) is 2. The normalized spacial score (nSPS) is 10.8. The number of nitrogens with one attached hydrogen (secondary N) is 1. The molecule has 0 fully saturated rings. The van der Waals surface area contributed by atoms with E-state index >= 15 is 0 Å². The zero-order valence-corrected chi connectivity index (χ0v) is 18.0. The molecule has 0 bridgehead atoms. The van der Waals surface area contributed by atoms with Crippen molar-refractivity contribution in [3.8, 4) is 11.5 Å². The van der Waals surface area contributed by atoms with Crippen LogP contribution in [0.5, 0.6) is 11.5 Å². The number of rotatable bonds is 9. The van der Waals surface area contributed by atoms with Crippen LogP contribution in [0, 0.1) is 10.1 Å². The number of furan rings is 1. The molecule has 0 saturated carbocycles. The number of hydrogen-bond donors (Lipinski definition) is 1. The standard InChI is InChI=1S/C21H18BrN3O6/c1-2-29-19-11-15(12-23-24-21(26)18-4-3-9-30-18)10-17(22)20(19)31-13-14-5-7-16(8-6-14)25(27)28/h3-12H,2,13H2,1H3,(H,24,26). The molecule has 0 saturated heterocycles. The van der Waals surface area contributed by atoms with Gasteiger partial charge >= 0.3 is 5.91 Å². The SMILES string of the molecule is CCOc1cc(C=NNC(=O)c2ccco2)cc(Br)c1OCc1ccc([N+](=O)[O-])cc1. The van der Waals surface area contributed by atoms with Gasteiger partial charge in [0, 0.05) is 12.1 Å². The van der Waals surface area contributed by atoms with E-state index in [1.807, 2.05) is 6.92 Å². The Morgan fingerprint density at radius 1 is 1.26 bits per heavy atom. The summed E-state index contributed by atoms with van der Waals surface area (Å²) < 4.78 is 17.2. The Bertz CT molecular complexity index is 1080. The van der Waals surface area contributed by atoms with E-state index in [2.05, 4.69) is 26.5 Å². The average Bonchev–Trinajstić information content (AvgIpc) is 3.29. The molecule has 1 aromatic heterocycles. The van der Waals surface area contributed by atoms with Crippen molar-refractivity contribution in [2.75, 3.05) is 6.61 Å². The summed E-state index contributed by atoms with van der Waals surface area (Å²) >= 11 is 3.47. The number of hydrazone groups is 1. The number of hydrogen-bond acceptors (Lipinski definition) is 7. The van der Waals surface area contributed by atoms with Gasteiger partial charge < -0.3 is 13.9 Å². The van der Waals surface area contributed by atoms with Gasteiger partial charge in [-0.05, 0) is 70.4 Å². The number of carbonyl (C=O) groups is 1. The summed E-state index contributed by atoms with van der Waals surface area (Å²) in [4.78, 5) is 22.2. The highest BCUT2D eigenvalue weighted by atomic mass is 79.9. The van der Waals surface area contributed by atoms with Crippen LogP contribution in [0.2, 0.25) is 0 Å². The van der Waals surface area contributed by atoms with Gasteiger partial charge in [-0.3, -0.25) is 14.9 Å². The van der Waals surface area contributed by atoms with Crippen LogP contribution in [0.1, 0.15) is 28.6 Å². The van der Waals surface area contributed by atoms with Gasteiger partial charge in [-0.2, -0.15) is 5.10 Å². The molecule has 10 heteroatoms. The summed E-state index contributed by atoms with van der Waals surface area (Å²) in [5, 5.41) is 14.7. The molecular formula is C21H18BrN3O6. The predicted octanol–water partition coefficient (Wildman–Crippen LogP) is 4.69. The maximum absolute atomic E-state index is 11.9. The molecule has 0 aliphatic rings. The first kappa shape index (κ1) is 22.0. The Hall–Kier alpha value is -3.66. The number of nitro benzene ring substituents is 1. The zero-order chi connectivity index (χ0) is 22.2. The Morgan fingerprint density at radius 2 is 2.03 bits per heavy atom. The number of carbonyl (C=O) groups excluding carboxylic acids is 1. The van der Waals surface area contributed by atoms with Gasteiger partial charge in [0.1, 0.15) is 6.61 Å². The Labute approximate surface area is 185 Å². The molecule has 0 radical (unpaired) electrons. The van der Waals surface area contributed by atoms with E-state index in [-0.39, 0.29) is 18.1 Å². The molecule has 3 aromatic rings. The number of amides is 1. The fraction of sp³-hybridized carbons (Fsp3) is 0.143. The van der Waals surface area contributed by atoms with Crippen LogP contribution >= 0.6 is 15.9 Å². The summed E-state index contributed by atoms with van der Waals surface area (Å²) in [6, 6.07) is 12.7. The molecule has 1 amide bonds. The minimum atomic E-state index is -0.464. The van der Waals surface area contributed by atoms with Crippen LogP contribution in [0.25, 0.3) is 0 Å². The zero-order valence-electron chi connectivity index (χ0n) is 16.4. The van der Waals surface area contributed by atoms with Crippen LogP contribution in [0.15, 0.2) is 68.8 Å². The van der Waals surface area contributed by atoms with E-state index < -0.39 is 10.8 Å². The van der Waals surface area contributed by atoms with Gasteiger partial charge in [-0.15, -0.1) is 0 Å². The number of ether oxygens (including phenoxy) is 2. The molecule has 0 aliphatic heterocycles. The van der Waals surface area contributed by atoms with E-state index in [1.165, 1.54) is 30.7 Å². The first-order chi connectivity index (χ1) is 15.0. The maximum atomic E-state index is 11.9. The van der Waals surface area contributed by atoms with Gasteiger partial charge in [0.15, 0.2) is 17.3 Å². The van der Waals surface area contributed by atoms with Gasteiger partial charge in [-0.1, -0.05) is 0 Å². The van der Waals surface area contributed by atoms with Gasteiger partial charge in [0.05, 0.1) is 28.5 Å². The third-order valence-corrected chi connectivity index (χ3v) is 4.58. The molecule has 0 unspecified atom stereocenters. The van der Waals surface area contributed by atoms with Crippen LogP contribution in [-0.2, 0) is 6.61 Å². The van der Waals surface area contributed by atoms with Crippen molar-refractivity contribution in [2.24, 2.45) is 5.10 Å². The monoisotopic (exact) mass is 487 g/mol. The molecule has 31 heavy (non-hydrogen) atoms. The summed E-state index contributed by atoms with van der Waals surface area (Å²) in [5.74, 6) is 0.659. The molecule has 0 atom stereocenters. The highest BCUT2D eigenvalue weighted by Gasteiger charge is 2.13. The molecule has 0 aliphatic carbocycles. The van der Waals surface area contributed by atoms with E-state index in [0.29, 0.717) is 28.1 Å². The second-order valence-electron chi connectivity index (χ2n) is 6.15. The Morgan fingerprint density at radius 3 is 2.68 bits per heavy atom. The highest BCUT2D eigenvalue weighted by molar-refractivity contribution is 9.10. The van der Waals surface area contributed by atoms with Crippen LogP contribution in [0.3, 0.4) is 0 Å². The predicted molar refractivity (Wildman–Crippen MR) is 117 cm³/mol. The number of nitro groups is 1. The van der Waals surface area contributed by atoms with Crippen molar-refractivity contribution in [1.82, 2.24) is 5.43 Å². The second kappa shape index (κ2) is 10.4. The second-order valence-corrected chi connectivity index (χ2v) is 7.01. The van der Waals surface area contributed by atoms with Crippen molar-refractivity contribution in [3.63, 3.8) is 0 Å². The van der Waals surface area contributed by atoms with E-state index in [9.17, 15) is 14.9 Å². The average molecular weight is 488 g/mol. The first-order valence-corrected chi connectivity index (χ1v) is 9.96. The van der Waals surface area contributed by atoms with Crippen LogP contribution in [0.4, 0.5) is 5.69 Å². The molecular weight excluding hydrogens is 470 g/mol. The van der Waals surface area contributed by atoms with E-state index in [4.69, 9.17) is 13.9 Å². The quantitative estimate of drug-likeness (QED) is 0.265. The van der Waals surface area contributed by atoms with Gasteiger partial charge in [-0.25, -0.2) is 5.43 Å². The van der Waals surface area contributed by atoms with Crippen LogP contribution < -0.4 is 14.9 Å². The molecule has 9 nitrogen and oxygen atoms in total. The maximum Gasteiger partial charge on any atom is 0.307 e. The van der Waals surface area contributed by atoms with Crippen LogP contribution in [-0.4, -0.2) is 23.7 Å². The van der Waals surface area contributed by atoms with Crippen molar-refractivity contribution >= 4 is 33.7 Å². The summed E-state index contributed by atoms with van der Waals surface area (Å²) in [6.45, 7) is 2.46. The third kappa shape index (κ3) is 5.92. The minimum Gasteiger partial charge on any atom is -0.490 e. The third-order valence-electron chi connectivity index (χ3n) is 3.99. The van der Waals surface area contributed by atoms with Crippen molar-refractivity contribution in [3.05, 3.63) is 86.3 Å². The van der Waals surface area contributed by atoms with Crippen molar-refractivity contribution in [1.29, 1.82) is 0 Å². The smallest absolute Gasteiger partial charge is 0.307 e. The summed E-state index contributed by atoms with van der Waals surface area (Å²) in [6.07, 6.45) is 2.87. The lowest BCUT2D eigenvalue weighted by Crippen LogP contribution is -2.16. The molecule has 0 spiro atoms. The molecule has 1 N–H and O–H groups in total. The lowest BCUT2D eigenvalue weighted by Gasteiger charge is -2.14. The highest BCUT2D eigenvalue weighted by Crippen LogP contribution is 2.37. The Kier molecular flexibility index (Phi) is 7.39. The lowest BCUT2D eigenvalue weighted by atomic mass is 10.2. The number of benzene rings is 2. The lowest BCUT2D eigenvalue weighted by molar-refractivity contribution is -0.384. The first-order valence-electron chi connectivity index (χ1n) is 9.17. The largest absolute Gasteiger partial charge is 0.490 e. The Balaban J connectivity index is 1.71. The van der Waals surface area contributed by atoms with Gasteiger partial charge in [0.2, 0.25) is 0 Å². The van der Waals surface area contributed by atoms with Crippen molar-refractivity contribution < 1.29 is 23.6 Å². The molecule has 2 aromatic carbocycles. The van der Waals surface area contributed by atoms with E-state index in [1.54, 1.807) is 30.3 Å². The fourth-order valence-corrected chi connectivity index (χ4v) is 3.14. The fourth-order valence-electron chi connectivity index (χ4n) is 2.56. The molecule has 160 valence electrons. The number of non-ortho nitro benzene ring substituents is 1. The van der Waals surface area contributed by atoms with Crippen molar-refractivity contribution in [2.45, 2.75) is 13.5 Å². The summed E-state index contributed by atoms with van der Waals surface area (Å²) in [5.41, 5.74) is 3.83. The minimum absolute atomic E-state index is 0.0164. The van der Waals surface area contributed by atoms with Gasteiger partial charge in [0.25, 0.3) is 5.69 Å². The molecule has 1 heterocycles. The van der Waals surface area contributed by atoms with E-state index in [0.717, 1.165) is 5.56 Å². The topological polar surface area (TPSA) is 116 Å². The summed E-state index contributed by atoms with van der Waals surface area (Å²) in [7, 11) is 0.